The van der Waals surface area contributed by atoms with Crippen LogP contribution in [0, 0.1) is 6.92 Å². The Balaban J connectivity index is 2.46. The lowest BCUT2D eigenvalue weighted by molar-refractivity contribution is 0.318. The Morgan fingerprint density at radius 3 is 2.81 bits per heavy atom. The van der Waals surface area contributed by atoms with Crippen molar-refractivity contribution in [3.05, 3.63) is 63.6 Å². The first kappa shape index (κ1) is 14.6. The summed E-state index contributed by atoms with van der Waals surface area (Å²) < 4.78 is 6.74. The summed E-state index contributed by atoms with van der Waals surface area (Å²) in [5.74, 6) is 0.533. The second-order valence-electron chi connectivity index (χ2n) is 4.62. The first-order chi connectivity index (χ1) is 10.1. The Kier molecular flexibility index (Phi) is 4.27. The molecule has 2 rings (SSSR count). The van der Waals surface area contributed by atoms with Gasteiger partial charge >= 0.3 is 0 Å². The van der Waals surface area contributed by atoms with Gasteiger partial charge in [0.1, 0.15) is 5.75 Å². The van der Waals surface area contributed by atoms with Crippen LogP contribution in [-0.4, -0.2) is 22.7 Å². The van der Waals surface area contributed by atoms with Crippen LogP contribution in [0.25, 0.3) is 0 Å². The van der Waals surface area contributed by atoms with Crippen molar-refractivity contribution in [2.24, 2.45) is 10.9 Å². The smallest absolute Gasteiger partial charge is 0.262 e. The molecule has 0 amide bonds. The van der Waals surface area contributed by atoms with Crippen molar-refractivity contribution >= 4 is 5.84 Å². The number of nitrogens with two attached hydrogens (primary N) is 1. The van der Waals surface area contributed by atoms with Crippen LogP contribution in [0.2, 0.25) is 0 Å². The Bertz CT molecular complexity index is 735. The molecule has 0 atom stereocenters. The van der Waals surface area contributed by atoms with Crippen LogP contribution in [-0.2, 0) is 6.54 Å². The molecule has 110 valence electrons. The second kappa shape index (κ2) is 6.13. The number of pyridine rings is 1. The van der Waals surface area contributed by atoms with Crippen molar-refractivity contribution in [1.82, 2.24) is 4.57 Å². The van der Waals surface area contributed by atoms with Gasteiger partial charge in [-0.25, -0.2) is 0 Å². The third-order valence-electron chi connectivity index (χ3n) is 3.25. The fourth-order valence-electron chi connectivity index (χ4n) is 2.07. The summed E-state index contributed by atoms with van der Waals surface area (Å²) in [6.07, 6.45) is 0. The van der Waals surface area contributed by atoms with Crippen molar-refractivity contribution in [1.29, 1.82) is 0 Å². The molecule has 21 heavy (non-hydrogen) atoms. The standard InChI is InChI=1S/C15H17N3O3/c1-10-6-7-13(14(16)17-20)15(19)18(10)9-11-4-3-5-12(8-11)21-2/h3-8,20H,9H2,1-2H3,(H2,16,17). The summed E-state index contributed by atoms with van der Waals surface area (Å²) in [6.45, 7) is 2.21. The number of hydrogen-bond acceptors (Lipinski definition) is 4. The molecule has 0 bridgehead atoms. The maximum absolute atomic E-state index is 12.4. The molecule has 0 saturated carbocycles. The molecule has 0 unspecified atom stereocenters. The molecule has 6 heteroatoms. The summed E-state index contributed by atoms with van der Waals surface area (Å²) in [4.78, 5) is 12.4. The summed E-state index contributed by atoms with van der Waals surface area (Å²) in [5, 5.41) is 11.6. The van der Waals surface area contributed by atoms with E-state index in [1.54, 1.807) is 23.8 Å². The Morgan fingerprint density at radius 2 is 2.14 bits per heavy atom. The number of nitrogens with zero attached hydrogens (tertiary/aromatic N) is 2. The number of hydrogen-bond donors (Lipinski definition) is 2. The van der Waals surface area contributed by atoms with Crippen LogP contribution in [0.4, 0.5) is 0 Å². The number of benzene rings is 1. The summed E-state index contributed by atoms with van der Waals surface area (Å²) in [5.41, 5.74) is 7.11. The summed E-state index contributed by atoms with van der Waals surface area (Å²) in [6, 6.07) is 10.8. The fourth-order valence-corrected chi connectivity index (χ4v) is 2.07. The van der Waals surface area contributed by atoms with Crippen LogP contribution < -0.4 is 16.0 Å². The predicted molar refractivity (Wildman–Crippen MR) is 80.0 cm³/mol. The first-order valence-electron chi connectivity index (χ1n) is 6.38. The summed E-state index contributed by atoms with van der Waals surface area (Å²) >= 11 is 0. The predicted octanol–water partition coefficient (Wildman–Crippen LogP) is 1.31. The third kappa shape index (κ3) is 3.05. The van der Waals surface area contributed by atoms with Gasteiger partial charge in [0, 0.05) is 5.69 Å². The molecule has 0 fully saturated rings. The van der Waals surface area contributed by atoms with Crippen molar-refractivity contribution in [2.45, 2.75) is 13.5 Å². The zero-order valence-electron chi connectivity index (χ0n) is 11.9. The van der Waals surface area contributed by atoms with E-state index in [4.69, 9.17) is 15.7 Å². The SMILES string of the molecule is COc1cccc(Cn2c(C)ccc(/C(N)=N/O)c2=O)c1. The highest BCUT2D eigenvalue weighted by Crippen LogP contribution is 2.13. The highest BCUT2D eigenvalue weighted by Gasteiger charge is 2.10. The molecule has 3 N–H and O–H groups in total. The minimum Gasteiger partial charge on any atom is -0.497 e. The number of aromatic nitrogens is 1. The largest absolute Gasteiger partial charge is 0.497 e. The van der Waals surface area contributed by atoms with Gasteiger partial charge in [0.15, 0.2) is 5.84 Å². The van der Waals surface area contributed by atoms with E-state index < -0.39 is 0 Å². The average molecular weight is 287 g/mol. The van der Waals surface area contributed by atoms with Gasteiger partial charge in [-0.05, 0) is 36.8 Å². The topological polar surface area (TPSA) is 89.8 Å². The molecular weight excluding hydrogens is 270 g/mol. The fraction of sp³-hybridized carbons (Fsp3) is 0.200. The van der Waals surface area contributed by atoms with Gasteiger partial charge in [-0.2, -0.15) is 0 Å². The van der Waals surface area contributed by atoms with Crippen LogP contribution in [0.1, 0.15) is 16.8 Å². The molecule has 0 saturated heterocycles. The molecule has 1 heterocycles. The Morgan fingerprint density at radius 1 is 1.38 bits per heavy atom. The molecule has 0 spiro atoms. The van der Waals surface area contributed by atoms with E-state index in [1.165, 1.54) is 0 Å². The van der Waals surface area contributed by atoms with Crippen LogP contribution in [0.15, 0.2) is 46.3 Å². The van der Waals surface area contributed by atoms with E-state index in [0.717, 1.165) is 17.0 Å². The van der Waals surface area contributed by atoms with E-state index in [2.05, 4.69) is 5.16 Å². The lowest BCUT2D eigenvalue weighted by Gasteiger charge is -2.12. The zero-order valence-corrected chi connectivity index (χ0v) is 11.9. The monoisotopic (exact) mass is 287 g/mol. The van der Waals surface area contributed by atoms with E-state index in [1.807, 2.05) is 31.2 Å². The minimum atomic E-state index is -0.298. The average Bonchev–Trinajstić information content (AvgIpc) is 2.51. The maximum Gasteiger partial charge on any atom is 0.262 e. The van der Waals surface area contributed by atoms with Crippen molar-refractivity contribution in [3.8, 4) is 5.75 Å². The molecule has 6 nitrogen and oxygen atoms in total. The van der Waals surface area contributed by atoms with Gasteiger partial charge in [-0.15, -0.1) is 0 Å². The Labute approximate surface area is 122 Å². The van der Waals surface area contributed by atoms with Gasteiger partial charge < -0.3 is 20.2 Å². The lowest BCUT2D eigenvalue weighted by Crippen LogP contribution is -2.31. The zero-order chi connectivity index (χ0) is 15.4. The Hall–Kier alpha value is -2.76. The maximum atomic E-state index is 12.4. The highest BCUT2D eigenvalue weighted by molar-refractivity contribution is 5.96. The normalized spacial score (nSPS) is 11.4. The lowest BCUT2D eigenvalue weighted by atomic mass is 10.2. The van der Waals surface area contributed by atoms with Crippen molar-refractivity contribution in [2.75, 3.05) is 7.11 Å². The molecule has 1 aromatic carbocycles. The number of aryl methyl sites for hydroxylation is 1. The molecule has 0 aliphatic rings. The van der Waals surface area contributed by atoms with Gasteiger partial charge in [0.05, 0.1) is 19.2 Å². The van der Waals surface area contributed by atoms with Gasteiger partial charge in [-0.1, -0.05) is 17.3 Å². The van der Waals surface area contributed by atoms with E-state index >= 15 is 0 Å². The summed E-state index contributed by atoms with van der Waals surface area (Å²) in [7, 11) is 1.59. The molecule has 0 aliphatic carbocycles. The minimum absolute atomic E-state index is 0.172. The van der Waals surface area contributed by atoms with E-state index in [9.17, 15) is 4.79 Å². The first-order valence-corrected chi connectivity index (χ1v) is 6.38. The number of oxime groups is 1. The van der Waals surface area contributed by atoms with Gasteiger partial charge in [0.25, 0.3) is 5.56 Å². The van der Waals surface area contributed by atoms with Crippen molar-refractivity contribution in [3.63, 3.8) is 0 Å². The van der Waals surface area contributed by atoms with Gasteiger partial charge in [-0.3, -0.25) is 4.79 Å². The van der Waals surface area contributed by atoms with Crippen molar-refractivity contribution < 1.29 is 9.94 Å². The number of rotatable bonds is 4. The highest BCUT2D eigenvalue weighted by atomic mass is 16.5. The van der Waals surface area contributed by atoms with Crippen LogP contribution in [0.3, 0.4) is 0 Å². The molecule has 2 aromatic rings. The number of ether oxygens (including phenoxy) is 1. The van der Waals surface area contributed by atoms with E-state index in [0.29, 0.717) is 6.54 Å². The molecular formula is C15H17N3O3. The second-order valence-corrected chi connectivity index (χ2v) is 4.62. The molecule has 0 radical (unpaired) electrons. The molecule has 0 aliphatic heterocycles. The van der Waals surface area contributed by atoms with Gasteiger partial charge in [0.2, 0.25) is 0 Å². The molecule has 1 aromatic heterocycles. The number of methoxy groups -OCH3 is 1. The van der Waals surface area contributed by atoms with E-state index in [-0.39, 0.29) is 17.0 Å². The van der Waals surface area contributed by atoms with Crippen LogP contribution >= 0.6 is 0 Å². The third-order valence-corrected chi connectivity index (χ3v) is 3.25. The number of amidine groups is 1. The quantitative estimate of drug-likeness (QED) is 0.384. The van der Waals surface area contributed by atoms with Crippen LogP contribution in [0.5, 0.6) is 5.75 Å².